The molecule has 0 aliphatic carbocycles. The highest BCUT2D eigenvalue weighted by Crippen LogP contribution is 2.46. The molecule has 4 aromatic heterocycles. The molecular formula is C76H52N6. The van der Waals surface area contributed by atoms with E-state index >= 15 is 0 Å². The first kappa shape index (κ1) is 47.1. The van der Waals surface area contributed by atoms with E-state index in [9.17, 15) is 0 Å². The molecule has 386 valence electrons. The van der Waals surface area contributed by atoms with Crippen molar-refractivity contribution in [1.82, 2.24) is 18.3 Å². The minimum absolute atomic E-state index is 0.449. The minimum Gasteiger partial charge on any atom is -0.383 e. The van der Waals surface area contributed by atoms with Crippen LogP contribution in [0.3, 0.4) is 0 Å². The van der Waals surface area contributed by atoms with E-state index in [4.69, 9.17) is 10.7 Å². The summed E-state index contributed by atoms with van der Waals surface area (Å²) in [5.74, 6) is 0.449. The van der Waals surface area contributed by atoms with Crippen molar-refractivity contribution in [3.63, 3.8) is 0 Å². The molecule has 0 atom stereocenters. The Labute approximate surface area is 473 Å². The van der Waals surface area contributed by atoms with Gasteiger partial charge in [0.25, 0.3) is 0 Å². The molecule has 0 saturated heterocycles. The molecule has 0 unspecified atom stereocenters. The Morgan fingerprint density at radius 1 is 0.317 bits per heavy atom. The summed E-state index contributed by atoms with van der Waals surface area (Å²) in [6, 6.07) is 103. The molecule has 2 N–H and O–H groups in total. The van der Waals surface area contributed by atoms with E-state index in [-0.39, 0.29) is 0 Å². The predicted molar refractivity (Wildman–Crippen MR) is 345 cm³/mol. The first-order chi connectivity index (χ1) is 40.6. The lowest BCUT2D eigenvalue weighted by molar-refractivity contribution is 1.15. The van der Waals surface area contributed by atoms with Gasteiger partial charge in [-0.25, -0.2) is 4.99 Å². The number of nitrogens with zero attached hydrogens (tertiary/aromatic N) is 5. The van der Waals surface area contributed by atoms with Crippen LogP contribution in [0.15, 0.2) is 296 Å². The maximum absolute atomic E-state index is 7.15. The second-order valence-corrected chi connectivity index (χ2v) is 21.3. The van der Waals surface area contributed by atoms with Gasteiger partial charge >= 0.3 is 0 Å². The lowest BCUT2D eigenvalue weighted by Crippen LogP contribution is -2.14. The molecule has 0 bridgehead atoms. The highest BCUT2D eigenvalue weighted by Gasteiger charge is 2.24. The SMILES string of the molecule is NC(=N/C(=C\Cc1ccccc1)c1ccccc1)c1cccc(-n2c3ccc(-c4ccc5c(c4)c4ccc6c7ccccc7n(-c7ccccc7)c6c4n5-c4ccccc4)cc3c3ccc4c(c5ccccc5n4-c4ccccc4)c32)c1. The average Bonchev–Trinajstić information content (AvgIpc) is 2.87. The average molecular weight is 1050 g/mol. The number of hydrogen-bond donors (Lipinski definition) is 1. The van der Waals surface area contributed by atoms with Crippen LogP contribution in [0.5, 0.6) is 0 Å². The van der Waals surface area contributed by atoms with Crippen molar-refractivity contribution >= 4 is 98.8 Å². The lowest BCUT2D eigenvalue weighted by atomic mass is 10.00. The Hall–Kier alpha value is -11.0. The summed E-state index contributed by atoms with van der Waals surface area (Å²) in [4.78, 5) is 5.19. The second-order valence-electron chi connectivity index (χ2n) is 21.3. The number of para-hydroxylation sites is 5. The van der Waals surface area contributed by atoms with Crippen LogP contribution in [-0.2, 0) is 6.42 Å². The van der Waals surface area contributed by atoms with Crippen molar-refractivity contribution in [1.29, 1.82) is 0 Å². The second kappa shape index (κ2) is 19.2. The molecule has 0 saturated carbocycles. The molecule has 4 heterocycles. The predicted octanol–water partition coefficient (Wildman–Crippen LogP) is 18.7. The van der Waals surface area contributed by atoms with E-state index in [0.717, 1.165) is 90.1 Å². The molecule has 0 amide bonds. The van der Waals surface area contributed by atoms with Gasteiger partial charge in [-0.3, -0.25) is 0 Å². The molecule has 16 aromatic rings. The van der Waals surface area contributed by atoms with Gasteiger partial charge < -0.3 is 24.0 Å². The maximum Gasteiger partial charge on any atom is 0.131 e. The third-order valence-electron chi connectivity index (χ3n) is 16.6. The molecule has 12 aromatic carbocycles. The van der Waals surface area contributed by atoms with E-state index in [2.05, 4.69) is 285 Å². The van der Waals surface area contributed by atoms with Crippen LogP contribution in [0.25, 0.3) is 127 Å². The number of aromatic nitrogens is 4. The Morgan fingerprint density at radius 3 is 1.35 bits per heavy atom. The van der Waals surface area contributed by atoms with Crippen LogP contribution < -0.4 is 5.73 Å². The number of fused-ring (bicyclic) bond motifs is 14. The quantitative estimate of drug-likeness (QED) is 0.108. The number of benzene rings is 12. The smallest absolute Gasteiger partial charge is 0.131 e. The zero-order chi connectivity index (χ0) is 54.3. The van der Waals surface area contributed by atoms with Crippen molar-refractivity contribution in [3.8, 4) is 33.9 Å². The molecule has 0 spiro atoms. The lowest BCUT2D eigenvalue weighted by Gasteiger charge is -2.12. The normalized spacial score (nSPS) is 12.4. The van der Waals surface area contributed by atoms with E-state index in [0.29, 0.717) is 5.84 Å². The summed E-state index contributed by atoms with van der Waals surface area (Å²) in [6.45, 7) is 0. The van der Waals surface area contributed by atoms with Crippen molar-refractivity contribution in [3.05, 3.63) is 308 Å². The van der Waals surface area contributed by atoms with E-state index in [1.54, 1.807) is 0 Å². The Bertz CT molecular complexity index is 5220. The molecule has 0 radical (unpaired) electrons. The Balaban J connectivity index is 0.919. The molecule has 0 aliphatic rings. The fourth-order valence-electron chi connectivity index (χ4n) is 12.9. The standard InChI is InChI=1S/C76H52N6/c77-76(78-66(51-23-8-2-9-24-51)43-37-50-21-6-1-7-22-50)54-25-20-32-58(47-54)82-70-45-39-52(48-64(70)61-42-46-71-72(73(61)82)63-34-17-19-36-68(63)79(71)55-26-10-3-11-27-55)53-38-44-69-65(49-53)62-41-40-60-59-33-16-18-35-67(59)80(56-28-12-4-13-29-56)74(60)75(62)81(69)57-30-14-5-15-31-57/h1-36,38-49H,37H2,(H2,77,78)/b66-43-. The van der Waals surface area contributed by atoms with Crippen molar-refractivity contribution < 1.29 is 0 Å². The first-order valence-corrected chi connectivity index (χ1v) is 28.0. The third-order valence-corrected chi connectivity index (χ3v) is 16.6. The topological polar surface area (TPSA) is 58.1 Å². The Morgan fingerprint density at radius 2 is 0.744 bits per heavy atom. The van der Waals surface area contributed by atoms with Gasteiger partial charge in [0, 0.05) is 71.4 Å². The van der Waals surface area contributed by atoms with Crippen LogP contribution in [0.4, 0.5) is 0 Å². The molecule has 82 heavy (non-hydrogen) atoms. The van der Waals surface area contributed by atoms with Gasteiger partial charge in [-0.15, -0.1) is 0 Å². The summed E-state index contributed by atoms with van der Waals surface area (Å²) in [5.41, 5.74) is 26.9. The number of aliphatic imine (C=N–C) groups is 1. The summed E-state index contributed by atoms with van der Waals surface area (Å²) in [7, 11) is 0. The largest absolute Gasteiger partial charge is 0.383 e. The molecule has 6 heteroatoms. The zero-order valence-electron chi connectivity index (χ0n) is 44.7. The van der Waals surface area contributed by atoms with Crippen LogP contribution in [-0.4, -0.2) is 24.1 Å². The number of rotatable bonds is 10. The van der Waals surface area contributed by atoms with Crippen molar-refractivity contribution in [2.45, 2.75) is 6.42 Å². The zero-order valence-corrected chi connectivity index (χ0v) is 44.7. The van der Waals surface area contributed by atoms with E-state index in [1.807, 2.05) is 24.3 Å². The number of allylic oxidation sites excluding steroid dienone is 1. The van der Waals surface area contributed by atoms with Crippen LogP contribution >= 0.6 is 0 Å². The van der Waals surface area contributed by atoms with Gasteiger partial charge in [-0.1, -0.05) is 200 Å². The number of amidine groups is 1. The van der Waals surface area contributed by atoms with Crippen molar-refractivity contribution in [2.75, 3.05) is 0 Å². The van der Waals surface area contributed by atoms with Gasteiger partial charge in [-0.2, -0.15) is 0 Å². The van der Waals surface area contributed by atoms with Crippen LogP contribution in [0, 0.1) is 0 Å². The highest BCUT2D eigenvalue weighted by atomic mass is 15.0. The Kier molecular flexibility index (Phi) is 11.0. The monoisotopic (exact) mass is 1050 g/mol. The summed E-state index contributed by atoms with van der Waals surface area (Å²) in [6.07, 6.45) is 2.90. The summed E-state index contributed by atoms with van der Waals surface area (Å²) >= 11 is 0. The van der Waals surface area contributed by atoms with Crippen LogP contribution in [0.2, 0.25) is 0 Å². The van der Waals surface area contributed by atoms with E-state index < -0.39 is 0 Å². The van der Waals surface area contributed by atoms with Gasteiger partial charge in [0.1, 0.15) is 5.84 Å². The molecule has 0 aliphatic heterocycles. The van der Waals surface area contributed by atoms with E-state index in [1.165, 1.54) is 59.8 Å². The van der Waals surface area contributed by atoms with Gasteiger partial charge in [0.15, 0.2) is 0 Å². The number of hydrogen-bond acceptors (Lipinski definition) is 1. The highest BCUT2D eigenvalue weighted by molar-refractivity contribution is 6.27. The minimum atomic E-state index is 0.449. The molecule has 0 fully saturated rings. The fourth-order valence-corrected chi connectivity index (χ4v) is 12.9. The first-order valence-electron chi connectivity index (χ1n) is 28.0. The molecule has 6 nitrogen and oxygen atoms in total. The third kappa shape index (κ3) is 7.53. The van der Waals surface area contributed by atoms with Gasteiger partial charge in [0.05, 0.1) is 49.8 Å². The number of nitrogens with two attached hydrogens (primary N) is 1. The van der Waals surface area contributed by atoms with Crippen molar-refractivity contribution in [2.24, 2.45) is 10.7 Å². The summed E-state index contributed by atoms with van der Waals surface area (Å²) in [5, 5.41) is 9.56. The van der Waals surface area contributed by atoms with Crippen LogP contribution in [0.1, 0.15) is 16.7 Å². The molecule has 16 rings (SSSR count). The maximum atomic E-state index is 7.15. The van der Waals surface area contributed by atoms with Gasteiger partial charge in [0.2, 0.25) is 0 Å². The summed E-state index contributed by atoms with van der Waals surface area (Å²) < 4.78 is 9.78. The molecular weight excluding hydrogens is 997 g/mol. The van der Waals surface area contributed by atoms with Gasteiger partial charge in [-0.05, 0) is 120 Å². The fraction of sp³-hybridized carbons (Fsp3) is 0.0132.